The van der Waals surface area contributed by atoms with Crippen LogP contribution in [0.5, 0.6) is 0 Å². The molecule has 0 amide bonds. The van der Waals surface area contributed by atoms with Gasteiger partial charge in [-0.25, -0.2) is 4.68 Å². The van der Waals surface area contributed by atoms with Gasteiger partial charge in [-0.15, -0.1) is 0 Å². The first-order valence-corrected chi connectivity index (χ1v) is 6.14. The summed E-state index contributed by atoms with van der Waals surface area (Å²) < 4.78 is 1.70. The zero-order valence-corrected chi connectivity index (χ0v) is 10.8. The topological polar surface area (TPSA) is 81.1 Å². The zero-order chi connectivity index (χ0) is 13.8. The van der Waals surface area contributed by atoms with E-state index in [1.807, 2.05) is 25.1 Å². The lowest BCUT2D eigenvalue weighted by Crippen LogP contribution is -2.07. The van der Waals surface area contributed by atoms with Crippen molar-refractivity contribution in [1.29, 1.82) is 0 Å². The molecule has 5 heteroatoms. The van der Waals surface area contributed by atoms with Crippen molar-refractivity contribution >= 4 is 11.8 Å². The molecule has 0 saturated carbocycles. The molecule has 0 fully saturated rings. The van der Waals surface area contributed by atoms with Gasteiger partial charge < -0.3 is 10.8 Å². The third-order valence-corrected chi connectivity index (χ3v) is 2.98. The Bertz CT molecular complexity index is 590. The summed E-state index contributed by atoms with van der Waals surface area (Å²) in [5, 5.41) is 12.9. The SMILES string of the molecule is Cc1cccc(Cn2ncc(CCC(=O)O)c2N)c1. The number of carboxylic acid groups (broad SMARTS) is 1. The lowest BCUT2D eigenvalue weighted by molar-refractivity contribution is -0.136. The van der Waals surface area contributed by atoms with E-state index < -0.39 is 5.97 Å². The molecule has 0 aliphatic carbocycles. The number of benzene rings is 1. The molecule has 0 unspecified atom stereocenters. The molecule has 0 saturated heterocycles. The van der Waals surface area contributed by atoms with E-state index in [0.29, 0.717) is 18.8 Å². The molecule has 0 spiro atoms. The maximum absolute atomic E-state index is 10.6. The number of nitrogens with two attached hydrogens (primary N) is 1. The quantitative estimate of drug-likeness (QED) is 0.858. The highest BCUT2D eigenvalue weighted by Crippen LogP contribution is 2.15. The van der Waals surface area contributed by atoms with Crippen molar-refractivity contribution in [2.45, 2.75) is 26.3 Å². The minimum atomic E-state index is -0.828. The van der Waals surface area contributed by atoms with Gasteiger partial charge in [0.2, 0.25) is 0 Å². The van der Waals surface area contributed by atoms with Crippen LogP contribution in [0.25, 0.3) is 0 Å². The van der Waals surface area contributed by atoms with Gasteiger partial charge in [-0.3, -0.25) is 4.79 Å². The molecule has 0 atom stereocenters. The first-order valence-electron chi connectivity index (χ1n) is 6.14. The highest BCUT2D eigenvalue weighted by Gasteiger charge is 2.09. The van der Waals surface area contributed by atoms with Crippen LogP contribution >= 0.6 is 0 Å². The van der Waals surface area contributed by atoms with Crippen LogP contribution in [-0.2, 0) is 17.8 Å². The van der Waals surface area contributed by atoms with Gasteiger partial charge in [-0.05, 0) is 18.9 Å². The van der Waals surface area contributed by atoms with Crippen LogP contribution < -0.4 is 5.73 Å². The Morgan fingerprint density at radius 1 is 1.47 bits per heavy atom. The number of anilines is 1. The molecule has 1 aromatic carbocycles. The van der Waals surface area contributed by atoms with Gasteiger partial charge >= 0.3 is 5.97 Å². The molecule has 2 aromatic rings. The van der Waals surface area contributed by atoms with Crippen molar-refractivity contribution in [2.24, 2.45) is 0 Å². The highest BCUT2D eigenvalue weighted by atomic mass is 16.4. The standard InChI is InChI=1S/C14H17N3O2/c1-10-3-2-4-11(7-10)9-17-14(15)12(8-16-17)5-6-13(18)19/h2-4,7-8H,5-6,9,15H2,1H3,(H,18,19). The van der Waals surface area contributed by atoms with E-state index in [2.05, 4.69) is 11.2 Å². The van der Waals surface area contributed by atoms with Crippen LogP contribution in [0.3, 0.4) is 0 Å². The van der Waals surface area contributed by atoms with E-state index in [9.17, 15) is 4.79 Å². The molecule has 0 radical (unpaired) electrons. The Hall–Kier alpha value is -2.30. The molecule has 3 N–H and O–H groups in total. The summed E-state index contributed by atoms with van der Waals surface area (Å²) in [7, 11) is 0. The number of aromatic nitrogens is 2. The molecule has 5 nitrogen and oxygen atoms in total. The average molecular weight is 259 g/mol. The van der Waals surface area contributed by atoms with Crippen LogP contribution in [0.15, 0.2) is 30.5 Å². The second-order valence-corrected chi connectivity index (χ2v) is 4.60. The number of carbonyl (C=O) groups is 1. The minimum absolute atomic E-state index is 0.0698. The normalized spacial score (nSPS) is 10.6. The highest BCUT2D eigenvalue weighted by molar-refractivity contribution is 5.67. The third kappa shape index (κ3) is 3.34. The Balaban J connectivity index is 2.11. The van der Waals surface area contributed by atoms with Gasteiger partial charge in [-0.2, -0.15) is 5.10 Å². The van der Waals surface area contributed by atoms with E-state index in [4.69, 9.17) is 10.8 Å². The number of nitrogen functional groups attached to an aromatic ring is 1. The van der Waals surface area contributed by atoms with E-state index >= 15 is 0 Å². The maximum Gasteiger partial charge on any atom is 0.303 e. The van der Waals surface area contributed by atoms with Crippen molar-refractivity contribution in [3.8, 4) is 0 Å². The summed E-state index contributed by atoms with van der Waals surface area (Å²) >= 11 is 0. The molecule has 19 heavy (non-hydrogen) atoms. The second-order valence-electron chi connectivity index (χ2n) is 4.60. The molecular formula is C14H17N3O2. The van der Waals surface area contributed by atoms with Crippen LogP contribution in [0, 0.1) is 6.92 Å². The monoisotopic (exact) mass is 259 g/mol. The van der Waals surface area contributed by atoms with E-state index in [1.165, 1.54) is 5.56 Å². The lowest BCUT2D eigenvalue weighted by Gasteiger charge is -2.06. The molecule has 100 valence electrons. The lowest BCUT2D eigenvalue weighted by atomic mass is 10.1. The molecule has 1 heterocycles. The number of rotatable bonds is 5. The van der Waals surface area contributed by atoms with E-state index in [0.717, 1.165) is 11.1 Å². The first-order chi connectivity index (χ1) is 9.06. The van der Waals surface area contributed by atoms with Gasteiger partial charge in [0.15, 0.2) is 0 Å². The van der Waals surface area contributed by atoms with Gasteiger partial charge in [0.1, 0.15) is 5.82 Å². The van der Waals surface area contributed by atoms with E-state index in [-0.39, 0.29) is 6.42 Å². The Labute approximate surface area is 111 Å². The van der Waals surface area contributed by atoms with Crippen molar-refractivity contribution in [3.05, 3.63) is 47.2 Å². The van der Waals surface area contributed by atoms with Gasteiger partial charge in [-0.1, -0.05) is 29.8 Å². The van der Waals surface area contributed by atoms with Crippen LogP contribution in [-0.4, -0.2) is 20.9 Å². The largest absolute Gasteiger partial charge is 0.481 e. The number of nitrogens with zero attached hydrogens (tertiary/aromatic N) is 2. The molecule has 0 aliphatic heterocycles. The van der Waals surface area contributed by atoms with Gasteiger partial charge in [0, 0.05) is 12.0 Å². The third-order valence-electron chi connectivity index (χ3n) is 2.98. The average Bonchev–Trinajstić information content (AvgIpc) is 2.68. The fourth-order valence-corrected chi connectivity index (χ4v) is 1.98. The van der Waals surface area contributed by atoms with E-state index in [1.54, 1.807) is 10.9 Å². The van der Waals surface area contributed by atoms with Crippen LogP contribution in [0.4, 0.5) is 5.82 Å². The summed E-state index contributed by atoms with van der Waals surface area (Å²) in [6.07, 6.45) is 2.13. The minimum Gasteiger partial charge on any atom is -0.481 e. The smallest absolute Gasteiger partial charge is 0.303 e. The molecule has 0 bridgehead atoms. The second kappa shape index (κ2) is 5.56. The number of hydrogen-bond donors (Lipinski definition) is 2. The van der Waals surface area contributed by atoms with Crippen molar-refractivity contribution in [2.75, 3.05) is 5.73 Å². The van der Waals surface area contributed by atoms with Crippen LogP contribution in [0.1, 0.15) is 23.1 Å². The summed E-state index contributed by atoms with van der Waals surface area (Å²) in [5.41, 5.74) is 9.08. The number of aliphatic carboxylic acids is 1. The molecule has 2 rings (SSSR count). The van der Waals surface area contributed by atoms with Crippen molar-refractivity contribution in [3.63, 3.8) is 0 Å². The number of aryl methyl sites for hydroxylation is 2. The fraction of sp³-hybridized carbons (Fsp3) is 0.286. The van der Waals surface area contributed by atoms with Crippen molar-refractivity contribution in [1.82, 2.24) is 9.78 Å². The Morgan fingerprint density at radius 2 is 2.26 bits per heavy atom. The fourth-order valence-electron chi connectivity index (χ4n) is 1.98. The number of carboxylic acids is 1. The number of hydrogen-bond acceptors (Lipinski definition) is 3. The maximum atomic E-state index is 10.6. The first kappa shape index (κ1) is 13.1. The van der Waals surface area contributed by atoms with Crippen LogP contribution in [0.2, 0.25) is 0 Å². The molecule has 1 aromatic heterocycles. The Kier molecular flexibility index (Phi) is 3.85. The molecular weight excluding hydrogens is 242 g/mol. The zero-order valence-electron chi connectivity index (χ0n) is 10.8. The summed E-state index contributed by atoms with van der Waals surface area (Å²) in [4.78, 5) is 10.6. The van der Waals surface area contributed by atoms with Crippen molar-refractivity contribution < 1.29 is 9.90 Å². The summed E-state index contributed by atoms with van der Waals surface area (Å²) in [6.45, 7) is 2.63. The molecule has 0 aliphatic rings. The Morgan fingerprint density at radius 3 is 2.95 bits per heavy atom. The predicted molar refractivity (Wildman–Crippen MR) is 72.9 cm³/mol. The predicted octanol–water partition coefficient (Wildman–Crippen LogP) is 1.84. The van der Waals surface area contributed by atoms with Gasteiger partial charge in [0.05, 0.1) is 12.7 Å². The summed E-state index contributed by atoms with van der Waals surface area (Å²) in [5.74, 6) is -0.284. The van der Waals surface area contributed by atoms with Gasteiger partial charge in [0.25, 0.3) is 0 Å². The summed E-state index contributed by atoms with van der Waals surface area (Å²) in [6, 6.07) is 8.13.